The van der Waals surface area contributed by atoms with Gasteiger partial charge in [-0.25, -0.2) is 0 Å². The summed E-state index contributed by atoms with van der Waals surface area (Å²) in [6.45, 7) is 7.99. The van der Waals surface area contributed by atoms with Crippen LogP contribution in [0.1, 0.15) is 34.1 Å². The molecule has 1 radical (unpaired) electrons. The van der Waals surface area contributed by atoms with E-state index in [1.807, 2.05) is 33.9 Å². The largest absolute Gasteiger partial charge is 0.287 e. The van der Waals surface area contributed by atoms with E-state index in [4.69, 9.17) is 4.99 Å². The van der Waals surface area contributed by atoms with Crippen LogP contribution in [0.2, 0.25) is 0 Å². The molecule has 0 spiro atoms. The smallest absolute Gasteiger partial charge is 0.0720 e. The highest BCUT2D eigenvalue weighted by atomic mass is 32.2. The van der Waals surface area contributed by atoms with Crippen LogP contribution in [-0.4, -0.2) is 28.4 Å². The van der Waals surface area contributed by atoms with Crippen LogP contribution >= 0.6 is 47.0 Å². The lowest BCUT2D eigenvalue weighted by Gasteiger charge is -2.32. The molecule has 0 aliphatic carbocycles. The zero-order chi connectivity index (χ0) is 16.0. The van der Waals surface area contributed by atoms with Gasteiger partial charge in [-0.15, -0.1) is 10.3 Å². The molecule has 7 heteroatoms. The number of allylic oxidation sites excluding steroid dienone is 1. The molecule has 1 unspecified atom stereocenters. The van der Waals surface area contributed by atoms with Crippen LogP contribution in [0.4, 0.5) is 0 Å². The predicted octanol–water partition coefficient (Wildman–Crippen LogP) is 5.43. The SMILES string of the molecule is CC1(C)CC(N=CC2=CSC(=C3SC=CS3)S2)C(C)(C)N1[O]. The van der Waals surface area contributed by atoms with Gasteiger partial charge in [0.1, 0.15) is 0 Å². The summed E-state index contributed by atoms with van der Waals surface area (Å²) in [6.07, 6.45) is 2.75. The van der Waals surface area contributed by atoms with Crippen LogP contribution in [0.5, 0.6) is 0 Å². The molecule has 3 rings (SSSR count). The van der Waals surface area contributed by atoms with E-state index in [-0.39, 0.29) is 11.6 Å². The van der Waals surface area contributed by atoms with Gasteiger partial charge < -0.3 is 0 Å². The number of hydrogen-bond donors (Lipinski definition) is 0. The molecule has 3 aliphatic rings. The van der Waals surface area contributed by atoms with Crippen LogP contribution < -0.4 is 0 Å². The van der Waals surface area contributed by atoms with E-state index < -0.39 is 5.54 Å². The zero-order valence-electron chi connectivity index (χ0n) is 13.0. The summed E-state index contributed by atoms with van der Waals surface area (Å²) in [5, 5.41) is 20.0. The van der Waals surface area contributed by atoms with Gasteiger partial charge in [-0.2, -0.15) is 0 Å². The molecule has 0 aromatic rings. The Kier molecular flexibility index (Phi) is 4.85. The van der Waals surface area contributed by atoms with Crippen LogP contribution in [-0.2, 0) is 5.21 Å². The molecule has 119 valence electrons. The van der Waals surface area contributed by atoms with E-state index in [0.717, 1.165) is 6.42 Å². The van der Waals surface area contributed by atoms with Crippen LogP contribution in [0.15, 0.2) is 34.6 Å². The third kappa shape index (κ3) is 3.21. The Hall–Kier alpha value is 0.210. The van der Waals surface area contributed by atoms with E-state index in [1.54, 1.807) is 47.0 Å². The first-order chi connectivity index (χ1) is 10.3. The van der Waals surface area contributed by atoms with Crippen molar-refractivity contribution in [1.82, 2.24) is 5.06 Å². The van der Waals surface area contributed by atoms with Crippen molar-refractivity contribution in [3.8, 4) is 0 Å². The minimum Gasteiger partial charge on any atom is -0.287 e. The van der Waals surface area contributed by atoms with Crippen molar-refractivity contribution in [2.45, 2.75) is 51.2 Å². The standard InChI is InChI=1S/C15H19N2OS4/c1-14(2)7-11(15(3,4)17(14)18)16-8-10-9-21-13(22-10)12-19-5-6-20-12/h5-6,8-9,11H,7H2,1-4H3. The van der Waals surface area contributed by atoms with Gasteiger partial charge in [0.2, 0.25) is 0 Å². The van der Waals surface area contributed by atoms with Gasteiger partial charge in [-0.05, 0) is 50.3 Å². The van der Waals surface area contributed by atoms with Crippen molar-refractivity contribution in [2.24, 2.45) is 4.99 Å². The highest BCUT2D eigenvalue weighted by Gasteiger charge is 2.52. The fourth-order valence-electron chi connectivity index (χ4n) is 2.84. The second-order valence-corrected chi connectivity index (χ2v) is 10.9. The summed E-state index contributed by atoms with van der Waals surface area (Å²) in [6, 6.07) is 0.0418. The highest BCUT2D eigenvalue weighted by Crippen LogP contribution is 2.52. The van der Waals surface area contributed by atoms with E-state index in [1.165, 1.54) is 18.4 Å². The second-order valence-electron chi connectivity index (χ2n) is 6.58. The van der Waals surface area contributed by atoms with Gasteiger partial charge in [0.05, 0.1) is 20.1 Å². The molecule has 0 N–H and O–H groups in total. The van der Waals surface area contributed by atoms with Crippen molar-refractivity contribution < 1.29 is 5.21 Å². The van der Waals surface area contributed by atoms with Gasteiger partial charge in [0.25, 0.3) is 0 Å². The van der Waals surface area contributed by atoms with Crippen LogP contribution in [0.25, 0.3) is 0 Å². The summed E-state index contributed by atoms with van der Waals surface area (Å²) < 4.78 is 2.68. The molecule has 22 heavy (non-hydrogen) atoms. The van der Waals surface area contributed by atoms with E-state index in [9.17, 15) is 5.21 Å². The van der Waals surface area contributed by atoms with Crippen molar-refractivity contribution in [1.29, 1.82) is 0 Å². The topological polar surface area (TPSA) is 35.5 Å². The number of rotatable bonds is 2. The van der Waals surface area contributed by atoms with Gasteiger partial charge >= 0.3 is 0 Å². The number of nitrogens with zero attached hydrogens (tertiary/aromatic N) is 2. The first kappa shape index (κ1) is 17.0. The van der Waals surface area contributed by atoms with Crippen LogP contribution in [0, 0.1) is 0 Å². The molecule has 0 amide bonds. The van der Waals surface area contributed by atoms with Gasteiger partial charge in [-0.3, -0.25) is 4.99 Å². The minimum absolute atomic E-state index is 0.0418. The molecule has 1 atom stereocenters. The molecule has 0 aromatic heterocycles. The predicted molar refractivity (Wildman–Crippen MR) is 102 cm³/mol. The Labute approximate surface area is 149 Å². The Morgan fingerprint density at radius 1 is 1.18 bits per heavy atom. The Balaban J connectivity index is 1.67. The maximum atomic E-state index is 12.4. The third-order valence-corrected chi connectivity index (χ3v) is 9.00. The maximum absolute atomic E-state index is 12.4. The highest BCUT2D eigenvalue weighted by molar-refractivity contribution is 8.33. The number of hydroxylamine groups is 2. The average molecular weight is 372 g/mol. The molecule has 0 aromatic carbocycles. The summed E-state index contributed by atoms with van der Waals surface area (Å²) >= 11 is 7.10. The first-order valence-corrected chi connectivity index (χ1v) is 10.5. The monoisotopic (exact) mass is 371 g/mol. The molecule has 3 aliphatic heterocycles. The van der Waals surface area contributed by atoms with E-state index in [2.05, 4.69) is 16.2 Å². The average Bonchev–Trinajstić information content (AvgIpc) is 3.14. The molecule has 1 saturated heterocycles. The van der Waals surface area contributed by atoms with Crippen molar-refractivity contribution in [2.75, 3.05) is 0 Å². The summed E-state index contributed by atoms with van der Waals surface area (Å²) in [4.78, 5) is 5.91. The van der Waals surface area contributed by atoms with Crippen molar-refractivity contribution in [3.63, 3.8) is 0 Å². The maximum Gasteiger partial charge on any atom is 0.0720 e. The zero-order valence-corrected chi connectivity index (χ0v) is 16.3. The van der Waals surface area contributed by atoms with Gasteiger partial charge in [0.15, 0.2) is 0 Å². The quantitative estimate of drug-likeness (QED) is 0.605. The lowest BCUT2D eigenvalue weighted by Crippen LogP contribution is -2.47. The lowest BCUT2D eigenvalue weighted by atomic mass is 9.95. The number of aliphatic imine (C=N–C) groups is 1. The first-order valence-electron chi connectivity index (χ1n) is 7.09. The van der Waals surface area contributed by atoms with E-state index in [0.29, 0.717) is 0 Å². The molecule has 0 saturated carbocycles. The van der Waals surface area contributed by atoms with Crippen molar-refractivity contribution >= 4 is 53.3 Å². The van der Waals surface area contributed by atoms with Crippen LogP contribution in [0.3, 0.4) is 0 Å². The lowest BCUT2D eigenvalue weighted by molar-refractivity contribution is -0.245. The Morgan fingerprint density at radius 2 is 1.86 bits per heavy atom. The Bertz CT molecular complexity index is 582. The summed E-state index contributed by atoms with van der Waals surface area (Å²) in [5.74, 6) is 0. The molecule has 0 bridgehead atoms. The Morgan fingerprint density at radius 3 is 2.45 bits per heavy atom. The molecule has 3 nitrogen and oxygen atoms in total. The molecule has 1 fully saturated rings. The fraction of sp³-hybridized carbons (Fsp3) is 0.533. The van der Waals surface area contributed by atoms with E-state index >= 15 is 0 Å². The summed E-state index contributed by atoms with van der Waals surface area (Å²) in [5.41, 5.74) is -0.785. The minimum atomic E-state index is -0.445. The molecular weight excluding hydrogens is 352 g/mol. The fourth-order valence-corrected chi connectivity index (χ4v) is 7.15. The normalized spacial score (nSPS) is 30.8. The molecular formula is C15H19N2OS4. The second kappa shape index (κ2) is 6.26. The number of hydrogen-bond acceptors (Lipinski definition) is 6. The number of thioether (sulfide) groups is 4. The van der Waals surface area contributed by atoms with Crippen molar-refractivity contribution in [3.05, 3.63) is 29.6 Å². The van der Waals surface area contributed by atoms with Gasteiger partial charge in [-0.1, -0.05) is 47.0 Å². The van der Waals surface area contributed by atoms with Gasteiger partial charge in [0, 0.05) is 16.7 Å². The summed E-state index contributed by atoms with van der Waals surface area (Å²) in [7, 11) is 0. The third-order valence-electron chi connectivity index (χ3n) is 4.03. The molecule has 3 heterocycles.